The van der Waals surface area contributed by atoms with E-state index in [-0.39, 0.29) is 23.2 Å². The summed E-state index contributed by atoms with van der Waals surface area (Å²) in [4.78, 5) is 9.00. The second-order valence-corrected chi connectivity index (χ2v) is 8.08. The molecule has 4 rings (SSSR count). The SMILES string of the molecule is Cc1ccc(S(=O)(=O)Nc2nc3ccccc3nc2OCCn2cccn2)cc1. The Morgan fingerprint density at radius 3 is 2.41 bits per heavy atom. The zero-order chi connectivity index (χ0) is 20.3. The summed E-state index contributed by atoms with van der Waals surface area (Å²) >= 11 is 0. The van der Waals surface area contributed by atoms with Crippen molar-refractivity contribution in [2.45, 2.75) is 18.4 Å². The number of para-hydroxylation sites is 2. The Labute approximate surface area is 168 Å². The number of nitrogens with zero attached hydrogens (tertiary/aromatic N) is 4. The minimum atomic E-state index is -3.84. The summed E-state index contributed by atoms with van der Waals surface area (Å²) in [5.74, 6) is 0.163. The predicted molar refractivity (Wildman–Crippen MR) is 109 cm³/mol. The lowest BCUT2D eigenvalue weighted by Gasteiger charge is -2.13. The maximum absolute atomic E-state index is 12.8. The molecule has 0 amide bonds. The van der Waals surface area contributed by atoms with Crippen molar-refractivity contribution in [3.63, 3.8) is 0 Å². The fourth-order valence-corrected chi connectivity index (χ4v) is 3.72. The van der Waals surface area contributed by atoms with Gasteiger partial charge < -0.3 is 4.74 Å². The first kappa shape index (κ1) is 18.9. The van der Waals surface area contributed by atoms with Gasteiger partial charge in [-0.25, -0.2) is 18.4 Å². The highest BCUT2D eigenvalue weighted by Crippen LogP contribution is 2.26. The third kappa shape index (κ3) is 4.35. The van der Waals surface area contributed by atoms with E-state index < -0.39 is 10.0 Å². The first-order valence-electron chi connectivity index (χ1n) is 8.98. The lowest BCUT2D eigenvalue weighted by Crippen LogP contribution is -2.17. The number of benzene rings is 2. The molecule has 148 valence electrons. The minimum Gasteiger partial charge on any atom is -0.473 e. The molecule has 2 aromatic carbocycles. The van der Waals surface area contributed by atoms with E-state index in [2.05, 4.69) is 19.8 Å². The maximum atomic E-state index is 12.8. The molecule has 2 heterocycles. The lowest BCUT2D eigenvalue weighted by atomic mass is 10.2. The van der Waals surface area contributed by atoms with E-state index in [0.29, 0.717) is 17.6 Å². The number of hydrogen-bond donors (Lipinski definition) is 1. The van der Waals surface area contributed by atoms with Gasteiger partial charge in [0.25, 0.3) is 15.9 Å². The van der Waals surface area contributed by atoms with Crippen LogP contribution in [0.1, 0.15) is 5.56 Å². The summed E-state index contributed by atoms with van der Waals surface area (Å²) in [6, 6.07) is 15.6. The van der Waals surface area contributed by atoms with Crippen molar-refractivity contribution < 1.29 is 13.2 Å². The van der Waals surface area contributed by atoms with Gasteiger partial charge in [0.15, 0.2) is 0 Å². The number of fused-ring (bicyclic) bond motifs is 1. The molecule has 0 unspecified atom stereocenters. The van der Waals surface area contributed by atoms with Crippen LogP contribution < -0.4 is 9.46 Å². The average molecular weight is 409 g/mol. The largest absolute Gasteiger partial charge is 0.473 e. The Hall–Kier alpha value is -3.46. The standard InChI is InChI=1S/C20H19N5O3S/c1-15-7-9-16(10-8-15)29(26,27)24-19-20(28-14-13-25-12-4-11-21-25)23-18-6-3-2-5-17(18)22-19/h2-12H,13-14H2,1H3,(H,22,24). The van der Waals surface area contributed by atoms with Crippen molar-refractivity contribution >= 4 is 26.9 Å². The van der Waals surface area contributed by atoms with Gasteiger partial charge in [0.2, 0.25) is 5.82 Å². The van der Waals surface area contributed by atoms with Crippen LogP contribution >= 0.6 is 0 Å². The minimum absolute atomic E-state index is 0.0461. The quantitative estimate of drug-likeness (QED) is 0.504. The molecular weight excluding hydrogens is 390 g/mol. The van der Waals surface area contributed by atoms with Crippen molar-refractivity contribution in [3.05, 3.63) is 72.6 Å². The molecule has 0 aliphatic rings. The summed E-state index contributed by atoms with van der Waals surface area (Å²) in [6.07, 6.45) is 3.49. The van der Waals surface area contributed by atoms with Crippen LogP contribution in [0, 0.1) is 6.92 Å². The van der Waals surface area contributed by atoms with Crippen LogP contribution in [0.25, 0.3) is 11.0 Å². The molecule has 0 saturated heterocycles. The van der Waals surface area contributed by atoms with Gasteiger partial charge in [-0.2, -0.15) is 5.10 Å². The Morgan fingerprint density at radius 2 is 1.72 bits per heavy atom. The van der Waals surface area contributed by atoms with Crippen molar-refractivity contribution in [3.8, 4) is 5.88 Å². The fraction of sp³-hybridized carbons (Fsp3) is 0.150. The summed E-state index contributed by atoms with van der Waals surface area (Å²) in [6.45, 7) is 2.64. The molecule has 0 atom stereocenters. The Balaban J connectivity index is 1.64. The molecule has 4 aromatic rings. The number of nitrogens with one attached hydrogen (secondary N) is 1. The van der Waals surface area contributed by atoms with Gasteiger partial charge in [-0.15, -0.1) is 0 Å². The highest BCUT2D eigenvalue weighted by Gasteiger charge is 2.19. The van der Waals surface area contributed by atoms with E-state index in [0.717, 1.165) is 5.56 Å². The zero-order valence-corrected chi connectivity index (χ0v) is 16.5. The molecule has 0 bridgehead atoms. The van der Waals surface area contributed by atoms with Crippen LogP contribution in [-0.4, -0.2) is 34.8 Å². The highest BCUT2D eigenvalue weighted by molar-refractivity contribution is 7.92. The van der Waals surface area contributed by atoms with Gasteiger partial charge in [-0.1, -0.05) is 29.8 Å². The van der Waals surface area contributed by atoms with Gasteiger partial charge in [0.05, 0.1) is 22.5 Å². The third-order valence-corrected chi connectivity index (χ3v) is 5.57. The molecule has 0 fully saturated rings. The van der Waals surface area contributed by atoms with Crippen molar-refractivity contribution in [1.82, 2.24) is 19.7 Å². The summed E-state index contributed by atoms with van der Waals surface area (Å²) < 4.78 is 35.6. The fourth-order valence-electron chi connectivity index (χ4n) is 2.72. The van der Waals surface area contributed by atoms with Gasteiger partial charge in [0, 0.05) is 12.4 Å². The van der Waals surface area contributed by atoms with Crippen LogP contribution in [-0.2, 0) is 16.6 Å². The van der Waals surface area contributed by atoms with E-state index in [1.807, 2.05) is 31.3 Å². The van der Waals surface area contributed by atoms with Crippen molar-refractivity contribution in [1.29, 1.82) is 0 Å². The normalized spacial score (nSPS) is 11.5. The molecule has 0 radical (unpaired) electrons. The second-order valence-electron chi connectivity index (χ2n) is 6.40. The van der Waals surface area contributed by atoms with E-state index in [1.54, 1.807) is 47.3 Å². The number of hydrogen-bond acceptors (Lipinski definition) is 6. The molecule has 0 spiro atoms. The number of ether oxygens (including phenoxy) is 1. The Kier molecular flexibility index (Phi) is 5.13. The molecule has 29 heavy (non-hydrogen) atoms. The van der Waals surface area contributed by atoms with E-state index in [9.17, 15) is 8.42 Å². The van der Waals surface area contributed by atoms with Crippen molar-refractivity contribution in [2.75, 3.05) is 11.3 Å². The number of aromatic nitrogens is 4. The summed E-state index contributed by atoms with van der Waals surface area (Å²) in [7, 11) is -3.84. The maximum Gasteiger partial charge on any atom is 0.263 e. The summed E-state index contributed by atoms with van der Waals surface area (Å²) in [5.41, 5.74) is 2.14. The average Bonchev–Trinajstić information content (AvgIpc) is 3.22. The van der Waals surface area contributed by atoms with Crippen molar-refractivity contribution in [2.24, 2.45) is 0 Å². The second kappa shape index (κ2) is 7.88. The zero-order valence-electron chi connectivity index (χ0n) is 15.7. The van der Waals surface area contributed by atoms with Crippen LogP contribution in [0.2, 0.25) is 0 Å². The first-order chi connectivity index (χ1) is 14.0. The van der Waals surface area contributed by atoms with Crippen LogP contribution in [0.15, 0.2) is 71.9 Å². The Morgan fingerprint density at radius 1 is 1.00 bits per heavy atom. The van der Waals surface area contributed by atoms with Crippen LogP contribution in [0.3, 0.4) is 0 Å². The number of aryl methyl sites for hydroxylation is 1. The summed E-state index contributed by atoms with van der Waals surface area (Å²) in [5, 5.41) is 4.12. The molecule has 0 aliphatic carbocycles. The van der Waals surface area contributed by atoms with Gasteiger partial charge in [0.1, 0.15) is 6.61 Å². The molecule has 1 N–H and O–H groups in total. The molecule has 0 aliphatic heterocycles. The first-order valence-corrected chi connectivity index (χ1v) is 10.5. The number of rotatable bonds is 7. The molecule has 8 nitrogen and oxygen atoms in total. The van der Waals surface area contributed by atoms with Gasteiger partial charge >= 0.3 is 0 Å². The Bertz CT molecular complexity index is 1220. The van der Waals surface area contributed by atoms with Gasteiger partial charge in [-0.05, 0) is 37.3 Å². The molecular formula is C20H19N5O3S. The van der Waals surface area contributed by atoms with E-state index in [1.165, 1.54) is 0 Å². The van der Waals surface area contributed by atoms with E-state index >= 15 is 0 Å². The van der Waals surface area contributed by atoms with Crippen LogP contribution in [0.5, 0.6) is 5.88 Å². The number of sulfonamides is 1. The lowest BCUT2D eigenvalue weighted by molar-refractivity contribution is 0.282. The smallest absolute Gasteiger partial charge is 0.263 e. The van der Waals surface area contributed by atoms with Gasteiger partial charge in [-0.3, -0.25) is 9.40 Å². The predicted octanol–water partition coefficient (Wildman–Crippen LogP) is 3.01. The van der Waals surface area contributed by atoms with Crippen LogP contribution in [0.4, 0.5) is 5.82 Å². The van der Waals surface area contributed by atoms with E-state index in [4.69, 9.17) is 4.74 Å². The molecule has 0 saturated carbocycles. The highest BCUT2D eigenvalue weighted by atomic mass is 32.2. The monoisotopic (exact) mass is 409 g/mol. The number of anilines is 1. The molecule has 2 aromatic heterocycles. The third-order valence-electron chi connectivity index (χ3n) is 4.22. The molecule has 9 heteroatoms. The topological polar surface area (TPSA) is 99.0 Å².